The zero-order chi connectivity index (χ0) is 14.9. The van der Waals surface area contributed by atoms with Crippen LogP contribution in [0.15, 0.2) is 22.7 Å². The molecule has 21 heavy (non-hydrogen) atoms. The number of hydrogen-bond acceptors (Lipinski definition) is 4. The number of nitrogens with zero attached hydrogens (tertiary/aromatic N) is 2. The molecule has 2 fully saturated rings. The Hall–Kier alpha value is -1.14. The van der Waals surface area contributed by atoms with Crippen molar-refractivity contribution in [1.29, 1.82) is 0 Å². The summed E-state index contributed by atoms with van der Waals surface area (Å²) in [7, 11) is 0. The maximum absolute atomic E-state index is 10.8. The van der Waals surface area contributed by atoms with E-state index in [0.29, 0.717) is 5.41 Å². The van der Waals surface area contributed by atoms with Crippen LogP contribution in [-0.2, 0) is 0 Å². The first-order valence-corrected chi connectivity index (χ1v) is 8.29. The molecular formula is C15H20BrN3O2. The molecule has 3 rings (SSSR count). The normalized spacial score (nSPS) is 26.0. The number of nitro groups is 1. The molecule has 1 spiro atoms. The van der Waals surface area contributed by atoms with Crippen LogP contribution < -0.4 is 10.2 Å². The Morgan fingerprint density at radius 3 is 2.81 bits per heavy atom. The SMILES string of the molecule is O=[N+]([O-])c1ccc(N2CCCC3(CCCNC3)C2)c(Br)c1. The Morgan fingerprint density at radius 2 is 2.14 bits per heavy atom. The zero-order valence-electron chi connectivity index (χ0n) is 12.0. The highest BCUT2D eigenvalue weighted by Gasteiger charge is 2.37. The van der Waals surface area contributed by atoms with E-state index in [0.717, 1.165) is 36.3 Å². The predicted molar refractivity (Wildman–Crippen MR) is 86.8 cm³/mol. The third-order valence-corrected chi connectivity index (χ3v) is 5.34. The predicted octanol–water partition coefficient (Wildman–Crippen LogP) is 3.33. The van der Waals surface area contributed by atoms with Gasteiger partial charge in [0, 0.05) is 41.7 Å². The fraction of sp³-hybridized carbons (Fsp3) is 0.600. The van der Waals surface area contributed by atoms with Crippen molar-refractivity contribution in [2.24, 2.45) is 5.41 Å². The standard InChI is InChI=1S/C15H20BrN3O2/c16-13-9-12(19(20)21)3-4-14(13)18-8-2-6-15(11-18)5-1-7-17-10-15/h3-4,9,17H,1-2,5-8,10-11H2. The highest BCUT2D eigenvalue weighted by atomic mass is 79.9. The van der Waals surface area contributed by atoms with E-state index in [4.69, 9.17) is 0 Å². The van der Waals surface area contributed by atoms with Crippen molar-refractivity contribution < 1.29 is 4.92 Å². The summed E-state index contributed by atoms with van der Waals surface area (Å²) in [4.78, 5) is 12.9. The lowest BCUT2D eigenvalue weighted by Gasteiger charge is -2.46. The van der Waals surface area contributed by atoms with E-state index in [-0.39, 0.29) is 10.6 Å². The van der Waals surface area contributed by atoms with Gasteiger partial charge in [-0.05, 0) is 54.2 Å². The van der Waals surface area contributed by atoms with Gasteiger partial charge in [0.1, 0.15) is 0 Å². The number of halogens is 1. The molecule has 1 aromatic rings. The largest absolute Gasteiger partial charge is 0.370 e. The van der Waals surface area contributed by atoms with Gasteiger partial charge in [0.05, 0.1) is 10.6 Å². The van der Waals surface area contributed by atoms with Gasteiger partial charge in [0.15, 0.2) is 0 Å². The fourth-order valence-electron chi connectivity index (χ4n) is 3.66. The lowest BCUT2D eigenvalue weighted by molar-refractivity contribution is -0.384. The molecule has 6 heteroatoms. The summed E-state index contributed by atoms with van der Waals surface area (Å²) in [6.45, 7) is 4.28. The minimum absolute atomic E-state index is 0.136. The molecule has 0 bridgehead atoms. The molecule has 1 N–H and O–H groups in total. The first-order chi connectivity index (χ1) is 10.1. The minimum Gasteiger partial charge on any atom is -0.370 e. The molecule has 114 valence electrons. The van der Waals surface area contributed by atoms with E-state index in [9.17, 15) is 10.1 Å². The topological polar surface area (TPSA) is 58.4 Å². The van der Waals surface area contributed by atoms with Crippen molar-refractivity contribution in [3.05, 3.63) is 32.8 Å². The molecule has 0 aliphatic carbocycles. The van der Waals surface area contributed by atoms with Crippen LogP contribution in [0.4, 0.5) is 11.4 Å². The molecule has 0 aromatic heterocycles. The maximum atomic E-state index is 10.8. The number of piperidine rings is 2. The maximum Gasteiger partial charge on any atom is 0.270 e. The molecule has 2 heterocycles. The van der Waals surface area contributed by atoms with Gasteiger partial charge in [-0.2, -0.15) is 0 Å². The highest BCUT2D eigenvalue weighted by molar-refractivity contribution is 9.10. The van der Waals surface area contributed by atoms with Crippen LogP contribution in [0, 0.1) is 15.5 Å². The van der Waals surface area contributed by atoms with Crippen molar-refractivity contribution in [3.8, 4) is 0 Å². The summed E-state index contributed by atoms with van der Waals surface area (Å²) in [5.74, 6) is 0. The van der Waals surface area contributed by atoms with Crippen LogP contribution in [0.1, 0.15) is 25.7 Å². The van der Waals surface area contributed by atoms with E-state index in [1.165, 1.54) is 25.7 Å². The third-order valence-electron chi connectivity index (χ3n) is 4.70. The second-order valence-electron chi connectivity index (χ2n) is 6.20. The van der Waals surface area contributed by atoms with Gasteiger partial charge in [-0.3, -0.25) is 10.1 Å². The number of hydrogen-bond donors (Lipinski definition) is 1. The van der Waals surface area contributed by atoms with Crippen LogP contribution >= 0.6 is 15.9 Å². The second kappa shape index (κ2) is 5.93. The summed E-state index contributed by atoms with van der Waals surface area (Å²) in [5.41, 5.74) is 1.58. The van der Waals surface area contributed by atoms with Gasteiger partial charge in [-0.1, -0.05) is 0 Å². The lowest BCUT2D eigenvalue weighted by Crippen LogP contribution is -2.51. The van der Waals surface area contributed by atoms with E-state index < -0.39 is 0 Å². The van der Waals surface area contributed by atoms with Gasteiger partial charge < -0.3 is 10.2 Å². The number of anilines is 1. The third kappa shape index (κ3) is 3.06. The van der Waals surface area contributed by atoms with Crippen molar-refractivity contribution in [3.63, 3.8) is 0 Å². The molecule has 0 amide bonds. The summed E-state index contributed by atoms with van der Waals surface area (Å²) in [5, 5.41) is 14.4. The van der Waals surface area contributed by atoms with E-state index >= 15 is 0 Å². The van der Waals surface area contributed by atoms with E-state index in [1.54, 1.807) is 12.1 Å². The van der Waals surface area contributed by atoms with Crippen LogP contribution in [0.2, 0.25) is 0 Å². The van der Waals surface area contributed by atoms with Crippen molar-refractivity contribution in [2.45, 2.75) is 25.7 Å². The summed E-state index contributed by atoms with van der Waals surface area (Å²) in [6, 6.07) is 5.08. The van der Waals surface area contributed by atoms with Gasteiger partial charge >= 0.3 is 0 Å². The van der Waals surface area contributed by atoms with Gasteiger partial charge in [0.25, 0.3) is 5.69 Å². The molecule has 5 nitrogen and oxygen atoms in total. The van der Waals surface area contributed by atoms with Crippen molar-refractivity contribution >= 4 is 27.3 Å². The molecule has 2 aliphatic rings. The van der Waals surface area contributed by atoms with Gasteiger partial charge in [-0.15, -0.1) is 0 Å². The Bertz CT molecular complexity index is 538. The molecule has 1 unspecified atom stereocenters. The summed E-state index contributed by atoms with van der Waals surface area (Å²) >= 11 is 3.50. The summed E-state index contributed by atoms with van der Waals surface area (Å²) < 4.78 is 0.817. The second-order valence-corrected chi connectivity index (χ2v) is 7.05. The van der Waals surface area contributed by atoms with Crippen molar-refractivity contribution in [1.82, 2.24) is 5.32 Å². The molecule has 2 saturated heterocycles. The van der Waals surface area contributed by atoms with Crippen LogP contribution in [0.25, 0.3) is 0 Å². The molecule has 1 atom stereocenters. The van der Waals surface area contributed by atoms with Crippen LogP contribution in [0.3, 0.4) is 0 Å². The molecular weight excluding hydrogens is 334 g/mol. The number of nitro benzene ring substituents is 1. The van der Waals surface area contributed by atoms with E-state index in [1.807, 2.05) is 6.07 Å². The quantitative estimate of drug-likeness (QED) is 0.654. The smallest absolute Gasteiger partial charge is 0.270 e. The van der Waals surface area contributed by atoms with Gasteiger partial charge in [-0.25, -0.2) is 0 Å². The summed E-state index contributed by atoms with van der Waals surface area (Å²) in [6.07, 6.45) is 4.99. The Kier molecular flexibility index (Phi) is 4.17. The molecule has 2 aliphatic heterocycles. The first-order valence-electron chi connectivity index (χ1n) is 7.49. The molecule has 1 aromatic carbocycles. The first kappa shape index (κ1) is 14.8. The monoisotopic (exact) mass is 353 g/mol. The number of benzene rings is 1. The number of rotatable bonds is 2. The average Bonchev–Trinajstić information content (AvgIpc) is 2.48. The van der Waals surface area contributed by atoms with Crippen LogP contribution in [-0.4, -0.2) is 31.1 Å². The molecule has 0 radical (unpaired) electrons. The zero-order valence-corrected chi connectivity index (χ0v) is 13.6. The highest BCUT2D eigenvalue weighted by Crippen LogP contribution is 2.40. The van der Waals surface area contributed by atoms with Crippen LogP contribution in [0.5, 0.6) is 0 Å². The molecule has 0 saturated carbocycles. The minimum atomic E-state index is -0.350. The van der Waals surface area contributed by atoms with Crippen molar-refractivity contribution in [2.75, 3.05) is 31.1 Å². The average molecular weight is 354 g/mol. The Balaban J connectivity index is 1.81. The van der Waals surface area contributed by atoms with E-state index in [2.05, 4.69) is 26.1 Å². The Morgan fingerprint density at radius 1 is 1.33 bits per heavy atom. The number of nitrogens with one attached hydrogen (secondary N) is 1. The lowest BCUT2D eigenvalue weighted by atomic mass is 9.74. The Labute approximate surface area is 133 Å². The number of non-ortho nitro benzene ring substituents is 1. The fourth-order valence-corrected chi connectivity index (χ4v) is 4.28. The van der Waals surface area contributed by atoms with Gasteiger partial charge in [0.2, 0.25) is 0 Å².